The highest BCUT2D eigenvalue weighted by molar-refractivity contribution is 5.65. The number of carboxylic acid groups (broad SMARTS) is 1. The molecule has 0 radical (unpaired) electrons. The average Bonchev–Trinajstić information content (AvgIpc) is 3.21. The van der Waals surface area contributed by atoms with E-state index in [1.165, 1.54) is 0 Å². The summed E-state index contributed by atoms with van der Waals surface area (Å²) in [5.41, 5.74) is -0.733. The van der Waals surface area contributed by atoms with Crippen LogP contribution in [0, 0.1) is 5.92 Å². The van der Waals surface area contributed by atoms with Crippen LogP contribution in [0.25, 0.3) is 0 Å². The van der Waals surface area contributed by atoms with E-state index in [2.05, 4.69) is 0 Å². The van der Waals surface area contributed by atoms with E-state index in [1.807, 2.05) is 0 Å². The van der Waals surface area contributed by atoms with Gasteiger partial charge in [-0.2, -0.15) is 39.5 Å². The van der Waals surface area contributed by atoms with Crippen molar-refractivity contribution in [2.24, 2.45) is 5.92 Å². The first kappa shape index (κ1) is 26.2. The number of piperazine rings is 1. The summed E-state index contributed by atoms with van der Waals surface area (Å²) in [6.45, 7) is -1.52. The molecule has 2 aliphatic rings. The van der Waals surface area contributed by atoms with Crippen LogP contribution in [0.5, 0.6) is 0 Å². The van der Waals surface area contributed by atoms with Crippen molar-refractivity contribution in [2.45, 2.75) is 44.0 Å². The van der Waals surface area contributed by atoms with Gasteiger partial charge in [-0.15, -0.1) is 0 Å². The fraction of sp³-hybridized carbons (Fsp3) is 0.650. The number of hydrogen-bond acceptors (Lipinski definition) is 3. The van der Waals surface area contributed by atoms with Crippen molar-refractivity contribution in [3.63, 3.8) is 0 Å². The van der Waals surface area contributed by atoms with Crippen molar-refractivity contribution in [3.05, 3.63) is 29.3 Å². The first-order valence-corrected chi connectivity index (χ1v) is 10.4. The highest BCUT2D eigenvalue weighted by Crippen LogP contribution is 2.44. The quantitative estimate of drug-likeness (QED) is 0.569. The molecule has 5 nitrogen and oxygen atoms in total. The number of carbonyl (C=O) groups is 1. The third-order valence-electron chi connectivity index (χ3n) is 6.13. The highest BCUT2D eigenvalue weighted by atomic mass is 19.4. The van der Waals surface area contributed by atoms with E-state index >= 15 is 0 Å². The van der Waals surface area contributed by atoms with Crippen LogP contribution in [-0.4, -0.2) is 72.1 Å². The summed E-state index contributed by atoms with van der Waals surface area (Å²) in [6.07, 6.45) is -16.4. The Morgan fingerprint density at radius 1 is 0.941 bits per heavy atom. The zero-order valence-corrected chi connectivity index (χ0v) is 17.6. The molecule has 1 unspecified atom stereocenters. The van der Waals surface area contributed by atoms with Gasteiger partial charge in [-0.3, -0.25) is 4.90 Å². The zero-order chi connectivity index (χ0) is 25.5. The summed E-state index contributed by atoms with van der Waals surface area (Å²) >= 11 is 0. The van der Waals surface area contributed by atoms with Gasteiger partial charge in [0.15, 0.2) is 5.92 Å². The Labute approximate surface area is 188 Å². The molecule has 1 aromatic rings. The van der Waals surface area contributed by atoms with Gasteiger partial charge < -0.3 is 14.9 Å². The van der Waals surface area contributed by atoms with Crippen LogP contribution in [0.1, 0.15) is 24.0 Å². The van der Waals surface area contributed by atoms with Gasteiger partial charge in [0.05, 0.1) is 5.56 Å². The van der Waals surface area contributed by atoms with Crippen molar-refractivity contribution in [3.8, 4) is 0 Å². The Hall–Kier alpha value is -2.38. The van der Waals surface area contributed by atoms with E-state index in [4.69, 9.17) is 5.11 Å². The van der Waals surface area contributed by atoms with Crippen LogP contribution in [0.15, 0.2) is 18.2 Å². The molecule has 2 heterocycles. The molecule has 192 valence electrons. The fourth-order valence-corrected chi connectivity index (χ4v) is 4.50. The normalized spacial score (nSPS) is 20.9. The SMILES string of the molecule is O=C(O)N1CCN(Cc2ccc(C(F)(F)F)cc2N2CCCC2)C(C(C(F)(F)F)C(F)(F)F)C1. The lowest BCUT2D eigenvalue weighted by molar-refractivity contribution is -0.302. The Balaban J connectivity index is 2.00. The predicted octanol–water partition coefficient (Wildman–Crippen LogP) is 5.21. The zero-order valence-electron chi connectivity index (χ0n) is 17.6. The molecule has 1 aromatic carbocycles. The van der Waals surface area contributed by atoms with Crippen molar-refractivity contribution >= 4 is 11.8 Å². The van der Waals surface area contributed by atoms with E-state index in [1.54, 1.807) is 4.90 Å². The number of rotatable bonds is 4. The maximum absolute atomic E-state index is 13.5. The maximum Gasteiger partial charge on any atom is 0.416 e. The molecule has 1 atom stereocenters. The minimum Gasteiger partial charge on any atom is -0.465 e. The number of alkyl halides is 9. The summed E-state index contributed by atoms with van der Waals surface area (Å²) in [4.78, 5) is 14.3. The average molecular weight is 507 g/mol. The van der Waals surface area contributed by atoms with Crippen LogP contribution in [0.2, 0.25) is 0 Å². The smallest absolute Gasteiger partial charge is 0.416 e. The van der Waals surface area contributed by atoms with Crippen LogP contribution in [0.3, 0.4) is 0 Å². The molecular weight excluding hydrogens is 485 g/mol. The number of hydrogen-bond donors (Lipinski definition) is 1. The van der Waals surface area contributed by atoms with E-state index in [9.17, 15) is 44.3 Å². The van der Waals surface area contributed by atoms with E-state index in [-0.39, 0.29) is 17.8 Å². The molecule has 0 bridgehead atoms. The lowest BCUT2D eigenvalue weighted by atomic mass is 9.93. The Kier molecular flexibility index (Phi) is 7.21. The van der Waals surface area contributed by atoms with Gasteiger partial charge in [-0.1, -0.05) is 6.07 Å². The third kappa shape index (κ3) is 5.81. The molecule has 0 aliphatic carbocycles. The minimum atomic E-state index is -5.71. The molecule has 2 saturated heterocycles. The van der Waals surface area contributed by atoms with Crippen LogP contribution < -0.4 is 4.90 Å². The Bertz CT molecular complexity index is 866. The summed E-state index contributed by atoms with van der Waals surface area (Å²) in [7, 11) is 0. The summed E-state index contributed by atoms with van der Waals surface area (Å²) in [6, 6.07) is 0.364. The molecule has 0 saturated carbocycles. The van der Waals surface area contributed by atoms with Gasteiger partial charge in [-0.05, 0) is 30.5 Å². The van der Waals surface area contributed by atoms with Crippen molar-refractivity contribution in [2.75, 3.05) is 37.6 Å². The predicted molar refractivity (Wildman–Crippen MR) is 102 cm³/mol. The third-order valence-corrected chi connectivity index (χ3v) is 6.13. The molecule has 34 heavy (non-hydrogen) atoms. The second kappa shape index (κ2) is 9.34. The first-order chi connectivity index (χ1) is 15.6. The second-order valence-electron chi connectivity index (χ2n) is 8.36. The van der Waals surface area contributed by atoms with Gasteiger partial charge in [0.2, 0.25) is 0 Å². The summed E-state index contributed by atoms with van der Waals surface area (Å²) < 4.78 is 121. The van der Waals surface area contributed by atoms with Crippen molar-refractivity contribution in [1.29, 1.82) is 0 Å². The van der Waals surface area contributed by atoms with Crippen molar-refractivity contribution in [1.82, 2.24) is 9.80 Å². The lowest BCUT2D eigenvalue weighted by Crippen LogP contribution is -2.62. The molecular formula is C20H22F9N3O2. The summed E-state index contributed by atoms with van der Waals surface area (Å²) in [5.74, 6) is -3.83. The molecule has 3 rings (SSSR count). The number of anilines is 1. The number of halogens is 9. The molecule has 2 fully saturated rings. The van der Waals surface area contributed by atoms with Gasteiger partial charge in [0, 0.05) is 51.0 Å². The second-order valence-corrected chi connectivity index (χ2v) is 8.36. The van der Waals surface area contributed by atoms with Crippen LogP contribution in [-0.2, 0) is 12.7 Å². The topological polar surface area (TPSA) is 47.0 Å². The number of nitrogens with zero attached hydrogens (tertiary/aromatic N) is 3. The fourth-order valence-electron chi connectivity index (χ4n) is 4.50. The van der Waals surface area contributed by atoms with Crippen LogP contribution >= 0.6 is 0 Å². The molecule has 2 aliphatic heterocycles. The highest BCUT2D eigenvalue weighted by Gasteiger charge is 2.62. The van der Waals surface area contributed by atoms with Gasteiger partial charge in [0.1, 0.15) is 0 Å². The Morgan fingerprint density at radius 2 is 1.53 bits per heavy atom. The van der Waals surface area contributed by atoms with E-state index in [0.29, 0.717) is 30.8 Å². The van der Waals surface area contributed by atoms with Crippen molar-refractivity contribution < 1.29 is 49.4 Å². The first-order valence-electron chi connectivity index (χ1n) is 10.4. The van der Waals surface area contributed by atoms with E-state index in [0.717, 1.165) is 23.1 Å². The summed E-state index contributed by atoms with van der Waals surface area (Å²) in [5, 5.41) is 9.15. The molecule has 0 spiro atoms. The van der Waals surface area contributed by atoms with Crippen LogP contribution in [0.4, 0.5) is 50.0 Å². The van der Waals surface area contributed by atoms with Gasteiger partial charge >= 0.3 is 24.6 Å². The minimum absolute atomic E-state index is 0.0994. The lowest BCUT2D eigenvalue weighted by Gasteiger charge is -2.45. The molecule has 14 heteroatoms. The standard InChI is InChI=1S/C20H22F9N3O2/c21-18(22,23)13-4-3-12(14(9-13)30-5-1-2-6-30)10-31-7-8-32(17(33)34)11-15(31)16(19(24,25)26)20(27,28)29/h3-4,9,15-16H,1-2,5-8,10-11H2,(H,33,34). The number of amides is 1. The maximum atomic E-state index is 13.5. The Morgan fingerprint density at radius 3 is 2.03 bits per heavy atom. The molecule has 1 N–H and O–H groups in total. The molecule has 0 aromatic heterocycles. The number of benzene rings is 1. The largest absolute Gasteiger partial charge is 0.465 e. The van der Waals surface area contributed by atoms with Gasteiger partial charge in [-0.25, -0.2) is 4.79 Å². The molecule has 1 amide bonds. The van der Waals surface area contributed by atoms with E-state index < -0.39 is 61.8 Å². The monoisotopic (exact) mass is 507 g/mol. The van der Waals surface area contributed by atoms with Gasteiger partial charge in [0.25, 0.3) is 0 Å².